The summed E-state index contributed by atoms with van der Waals surface area (Å²) in [5.74, 6) is -1.02. The first-order valence-corrected chi connectivity index (χ1v) is 9.90. The van der Waals surface area contributed by atoms with E-state index in [-0.39, 0.29) is 17.2 Å². The van der Waals surface area contributed by atoms with Crippen LogP contribution >= 0.6 is 23.1 Å². The Morgan fingerprint density at radius 1 is 1.11 bits per heavy atom. The second-order valence-corrected chi connectivity index (χ2v) is 7.61. The van der Waals surface area contributed by atoms with Gasteiger partial charge in [-0.3, -0.25) is 4.79 Å². The number of carbonyl (C=O) groups excluding carboxylic acids is 1. The average Bonchev–Trinajstić information content (AvgIpc) is 3.34. The number of Topliss-reactive ketones (excluding diaryl/α,β-unsaturated/α-hetero) is 1. The van der Waals surface area contributed by atoms with Crippen molar-refractivity contribution in [3.8, 4) is 22.9 Å². The van der Waals surface area contributed by atoms with Crippen LogP contribution < -0.4 is 9.79 Å². The molecule has 0 unspecified atom stereocenters. The molecule has 0 saturated carbocycles. The van der Waals surface area contributed by atoms with Gasteiger partial charge in [0, 0.05) is 23.1 Å². The molecule has 0 amide bonds. The molecule has 0 radical (unpaired) electrons. The summed E-state index contributed by atoms with van der Waals surface area (Å²) in [7, 11) is 0. The van der Waals surface area contributed by atoms with Gasteiger partial charge in [-0.25, -0.2) is 4.98 Å². The highest BCUT2D eigenvalue weighted by molar-refractivity contribution is 8.01. The third-order valence-corrected chi connectivity index (χ3v) is 5.78. The predicted molar refractivity (Wildman–Crippen MR) is 100 cm³/mol. The van der Waals surface area contributed by atoms with Crippen LogP contribution in [-0.2, 0) is 0 Å². The fourth-order valence-electron chi connectivity index (χ4n) is 2.49. The third kappa shape index (κ3) is 3.76. The molecule has 27 heavy (non-hydrogen) atoms. The molecule has 2 aromatic heterocycles. The van der Waals surface area contributed by atoms with Gasteiger partial charge >= 0.3 is 5.69 Å². The molecule has 6 nitrogen and oxygen atoms in total. The third-order valence-electron chi connectivity index (χ3n) is 3.75. The van der Waals surface area contributed by atoms with Crippen molar-refractivity contribution in [2.75, 3.05) is 5.75 Å². The average molecular weight is 395 g/mol. The Labute approximate surface area is 163 Å². The van der Waals surface area contributed by atoms with Crippen LogP contribution in [0.15, 0.2) is 74.9 Å². The minimum atomic E-state index is -0.742. The van der Waals surface area contributed by atoms with Crippen LogP contribution in [0.25, 0.3) is 16.9 Å². The second-order valence-electron chi connectivity index (χ2n) is 5.53. The molecule has 0 fully saturated rings. The van der Waals surface area contributed by atoms with E-state index in [1.165, 1.54) is 27.8 Å². The molecule has 4 rings (SSSR count). The summed E-state index contributed by atoms with van der Waals surface area (Å²) in [5.41, 5.74) is 2.39. The Bertz CT molecular complexity index is 1060. The Kier molecular flexibility index (Phi) is 4.99. The SMILES string of the molecule is O=C(CSc1nc(-c2ccccc2)cs1)c1c([O-])on[n+]1-c1ccccc1. The van der Waals surface area contributed by atoms with Gasteiger partial charge in [-0.2, -0.15) is 0 Å². The first-order valence-electron chi connectivity index (χ1n) is 8.04. The zero-order valence-corrected chi connectivity index (χ0v) is 15.6. The number of hydrogen-bond acceptors (Lipinski definition) is 7. The number of thiazole rings is 1. The van der Waals surface area contributed by atoms with Crippen molar-refractivity contribution in [1.82, 2.24) is 10.3 Å². The molecule has 0 aliphatic carbocycles. The van der Waals surface area contributed by atoms with Crippen molar-refractivity contribution in [1.29, 1.82) is 0 Å². The first-order chi connectivity index (χ1) is 13.2. The van der Waals surface area contributed by atoms with Gasteiger partial charge in [0.1, 0.15) is 0 Å². The summed E-state index contributed by atoms with van der Waals surface area (Å²) in [6.07, 6.45) is 0. The summed E-state index contributed by atoms with van der Waals surface area (Å²) in [4.78, 5) is 17.1. The summed E-state index contributed by atoms with van der Waals surface area (Å²) in [6, 6.07) is 18.8. The number of thioether (sulfide) groups is 1. The van der Waals surface area contributed by atoms with Crippen molar-refractivity contribution in [3.05, 3.63) is 71.7 Å². The highest BCUT2D eigenvalue weighted by Gasteiger charge is 2.27. The van der Waals surface area contributed by atoms with E-state index >= 15 is 0 Å². The topological polar surface area (TPSA) is 82.9 Å². The lowest BCUT2D eigenvalue weighted by Crippen LogP contribution is -2.39. The molecular formula is C19H13N3O3S2. The quantitative estimate of drug-likeness (QED) is 0.283. The van der Waals surface area contributed by atoms with Crippen LogP contribution in [0.2, 0.25) is 0 Å². The van der Waals surface area contributed by atoms with Crippen molar-refractivity contribution < 1.29 is 19.1 Å². The normalized spacial score (nSPS) is 10.8. The van der Waals surface area contributed by atoms with Crippen LogP contribution in [0.4, 0.5) is 0 Å². The second kappa shape index (κ2) is 7.73. The molecule has 2 aromatic carbocycles. The number of ketones is 1. The molecule has 0 aliphatic heterocycles. The van der Waals surface area contributed by atoms with Gasteiger partial charge in [0.25, 0.3) is 0 Å². The molecule has 2 heterocycles. The summed E-state index contributed by atoms with van der Waals surface area (Å²) >= 11 is 2.76. The van der Waals surface area contributed by atoms with Crippen molar-refractivity contribution in [3.63, 3.8) is 0 Å². The van der Waals surface area contributed by atoms with Gasteiger partial charge in [-0.1, -0.05) is 60.3 Å². The highest BCUT2D eigenvalue weighted by atomic mass is 32.2. The maximum absolute atomic E-state index is 12.6. The molecule has 0 bridgehead atoms. The van der Waals surface area contributed by atoms with E-state index in [1.54, 1.807) is 24.3 Å². The Hall–Kier alpha value is -2.97. The van der Waals surface area contributed by atoms with Crippen molar-refractivity contribution >= 4 is 28.9 Å². The Morgan fingerprint density at radius 2 is 1.81 bits per heavy atom. The van der Waals surface area contributed by atoms with Crippen LogP contribution in [0.1, 0.15) is 10.5 Å². The van der Waals surface area contributed by atoms with E-state index in [0.29, 0.717) is 5.69 Å². The molecular weight excluding hydrogens is 382 g/mol. The maximum atomic E-state index is 12.6. The van der Waals surface area contributed by atoms with Gasteiger partial charge in [-0.05, 0) is 4.68 Å². The zero-order valence-electron chi connectivity index (χ0n) is 13.9. The van der Waals surface area contributed by atoms with Gasteiger partial charge in [0.2, 0.25) is 11.5 Å². The largest absolute Gasteiger partial charge is 0.539 e. The van der Waals surface area contributed by atoms with E-state index in [0.717, 1.165) is 15.6 Å². The molecule has 0 atom stereocenters. The van der Waals surface area contributed by atoms with Gasteiger partial charge in [0.15, 0.2) is 10.3 Å². The molecule has 0 saturated heterocycles. The number of aromatic nitrogens is 3. The van der Waals surface area contributed by atoms with Crippen LogP contribution in [0, 0.1) is 0 Å². The molecule has 8 heteroatoms. The maximum Gasteiger partial charge on any atom is 0.307 e. The molecule has 4 aromatic rings. The number of carbonyl (C=O) groups is 1. The standard InChI is InChI=1S/C19H13N3O3S2/c23-16(17-18(24)25-21-22(17)14-9-5-2-6-10-14)12-27-19-20-15(11-26-19)13-7-3-1-4-8-13/h1-11H,12H2. The van der Waals surface area contributed by atoms with E-state index < -0.39 is 5.95 Å². The number of hydrogen-bond donors (Lipinski definition) is 0. The van der Waals surface area contributed by atoms with Gasteiger partial charge in [0.05, 0.1) is 16.7 Å². The smallest absolute Gasteiger partial charge is 0.307 e. The lowest BCUT2D eigenvalue weighted by atomic mass is 10.2. The van der Waals surface area contributed by atoms with Crippen LogP contribution in [-0.4, -0.2) is 21.8 Å². The van der Waals surface area contributed by atoms with Crippen molar-refractivity contribution in [2.24, 2.45) is 0 Å². The summed E-state index contributed by atoms with van der Waals surface area (Å²) < 4.78 is 6.70. The molecule has 0 spiro atoms. The molecule has 0 aliphatic rings. The van der Waals surface area contributed by atoms with Gasteiger partial charge < -0.3 is 9.63 Å². The van der Waals surface area contributed by atoms with E-state index in [4.69, 9.17) is 4.52 Å². The number of nitrogens with zero attached hydrogens (tertiary/aromatic N) is 3. The van der Waals surface area contributed by atoms with Crippen molar-refractivity contribution in [2.45, 2.75) is 4.34 Å². The first kappa shape index (κ1) is 17.4. The van der Waals surface area contributed by atoms with E-state index in [2.05, 4.69) is 10.3 Å². The fourth-order valence-corrected chi connectivity index (χ4v) is 4.19. The fraction of sp³-hybridized carbons (Fsp3) is 0.0526. The van der Waals surface area contributed by atoms with Crippen LogP contribution in [0.3, 0.4) is 0 Å². The summed E-state index contributed by atoms with van der Waals surface area (Å²) in [6.45, 7) is 0. The Balaban J connectivity index is 1.50. The molecule has 134 valence electrons. The molecule has 0 N–H and O–H groups in total. The highest BCUT2D eigenvalue weighted by Crippen LogP contribution is 2.28. The summed E-state index contributed by atoms with van der Waals surface area (Å²) in [5, 5.41) is 17.6. The lowest BCUT2D eigenvalue weighted by Gasteiger charge is -1.98. The predicted octanol–water partition coefficient (Wildman–Crippen LogP) is 3.12. The number of para-hydroxylation sites is 1. The zero-order chi connectivity index (χ0) is 18.6. The van der Waals surface area contributed by atoms with Crippen LogP contribution in [0.5, 0.6) is 5.95 Å². The van der Waals surface area contributed by atoms with E-state index in [1.807, 2.05) is 41.8 Å². The Morgan fingerprint density at radius 3 is 2.56 bits per heavy atom. The monoisotopic (exact) mass is 395 g/mol. The number of benzene rings is 2. The minimum absolute atomic E-state index is 0.0744. The van der Waals surface area contributed by atoms with E-state index in [9.17, 15) is 9.90 Å². The number of rotatable bonds is 6. The lowest BCUT2D eigenvalue weighted by molar-refractivity contribution is -0.672. The van der Waals surface area contributed by atoms with Gasteiger partial charge in [-0.15, -0.1) is 11.3 Å². The minimum Gasteiger partial charge on any atom is -0.539 e.